The minimum absolute atomic E-state index is 0.319. The van der Waals surface area contributed by atoms with Crippen LogP contribution in [0.3, 0.4) is 0 Å². The first kappa shape index (κ1) is 37.8. The Kier molecular flexibility index (Phi) is 9.87. The zero-order valence-electron chi connectivity index (χ0n) is 34.6. The van der Waals surface area contributed by atoms with E-state index in [0.717, 1.165) is 22.8 Å². The molecule has 2 N–H and O–H groups in total. The lowest BCUT2D eigenvalue weighted by atomic mass is 9.67. The van der Waals surface area contributed by atoms with E-state index in [0.29, 0.717) is 0 Å². The van der Waals surface area contributed by atoms with Crippen molar-refractivity contribution in [1.82, 2.24) is 0 Å². The van der Waals surface area contributed by atoms with Gasteiger partial charge in [-0.25, -0.2) is 0 Å². The van der Waals surface area contributed by atoms with E-state index in [1.165, 1.54) is 88.4 Å². The van der Waals surface area contributed by atoms with Gasteiger partial charge in [0.25, 0.3) is 0 Å². The van der Waals surface area contributed by atoms with Crippen LogP contribution in [0.5, 0.6) is 0 Å². The molecular formula is C60H47N. The molecule has 7 aromatic carbocycles. The van der Waals surface area contributed by atoms with Crippen molar-refractivity contribution in [1.29, 1.82) is 0 Å². The normalized spacial score (nSPS) is 17.6. The molecule has 0 saturated carbocycles. The van der Waals surface area contributed by atoms with Crippen LogP contribution < -0.4 is 16.2 Å². The van der Waals surface area contributed by atoms with Gasteiger partial charge in [-0.15, -0.1) is 0 Å². The van der Waals surface area contributed by atoms with Gasteiger partial charge in [-0.3, -0.25) is 0 Å². The molecule has 1 heteroatoms. The summed E-state index contributed by atoms with van der Waals surface area (Å²) in [6.45, 7) is 4.46. The molecule has 0 aliphatic heterocycles. The second-order valence-corrected chi connectivity index (χ2v) is 16.1. The van der Waals surface area contributed by atoms with E-state index < -0.39 is 0 Å². The van der Waals surface area contributed by atoms with Crippen molar-refractivity contribution in [2.24, 2.45) is 5.73 Å². The van der Waals surface area contributed by atoms with Crippen molar-refractivity contribution >= 4 is 39.6 Å². The van der Waals surface area contributed by atoms with E-state index in [2.05, 4.69) is 214 Å². The molecule has 1 atom stereocenters. The van der Waals surface area contributed by atoms with Crippen LogP contribution in [0.1, 0.15) is 58.4 Å². The summed E-state index contributed by atoms with van der Waals surface area (Å²) in [6, 6.07) is 57.9. The van der Waals surface area contributed by atoms with Gasteiger partial charge < -0.3 is 5.73 Å². The first-order valence-corrected chi connectivity index (χ1v) is 21.3. The van der Waals surface area contributed by atoms with Gasteiger partial charge in [0.15, 0.2) is 0 Å². The van der Waals surface area contributed by atoms with Crippen molar-refractivity contribution in [3.8, 4) is 11.1 Å². The first-order valence-electron chi connectivity index (χ1n) is 21.3. The number of nitrogens with two attached hydrogens (primary N) is 1. The predicted octanol–water partition coefficient (Wildman–Crippen LogP) is 12.8. The van der Waals surface area contributed by atoms with Gasteiger partial charge in [0, 0.05) is 0 Å². The fourth-order valence-corrected chi connectivity index (χ4v) is 10.1. The number of benzene rings is 7. The van der Waals surface area contributed by atoms with Gasteiger partial charge >= 0.3 is 0 Å². The van der Waals surface area contributed by atoms with E-state index in [-0.39, 0.29) is 5.41 Å². The Labute approximate surface area is 359 Å². The molecule has 1 nitrogen and oxygen atoms in total. The second kappa shape index (κ2) is 15.9. The molecule has 7 aromatic rings. The third-order valence-electron chi connectivity index (χ3n) is 12.8. The largest absolute Gasteiger partial charge is 0.405 e. The molecule has 0 fully saturated rings. The summed E-state index contributed by atoms with van der Waals surface area (Å²) in [4.78, 5) is 0. The zero-order valence-corrected chi connectivity index (χ0v) is 34.6. The molecule has 61 heavy (non-hydrogen) atoms. The summed E-state index contributed by atoms with van der Waals surface area (Å²) in [7, 11) is 0. The number of allylic oxidation sites excluding steroid dienone is 12. The summed E-state index contributed by atoms with van der Waals surface area (Å²) < 4.78 is 0. The highest BCUT2D eigenvalue weighted by Crippen LogP contribution is 2.64. The lowest BCUT2D eigenvalue weighted by molar-refractivity contribution is 0.738. The average molecular weight is 782 g/mol. The Morgan fingerprint density at radius 1 is 0.623 bits per heavy atom. The predicted molar refractivity (Wildman–Crippen MR) is 260 cm³/mol. The van der Waals surface area contributed by atoms with Gasteiger partial charge in [0.1, 0.15) is 0 Å². The van der Waals surface area contributed by atoms with Crippen molar-refractivity contribution in [2.75, 3.05) is 0 Å². The molecule has 1 unspecified atom stereocenters. The van der Waals surface area contributed by atoms with E-state index >= 15 is 0 Å². The Bertz CT molecular complexity index is 3230. The molecule has 0 saturated heterocycles. The van der Waals surface area contributed by atoms with Gasteiger partial charge in [-0.1, -0.05) is 194 Å². The topological polar surface area (TPSA) is 26.0 Å². The minimum atomic E-state index is -0.319. The Balaban J connectivity index is 1.12. The number of rotatable bonds is 8. The molecule has 0 radical (unpaired) electrons. The lowest BCUT2D eigenvalue weighted by Gasteiger charge is -2.33. The molecule has 10 rings (SSSR count). The van der Waals surface area contributed by atoms with Crippen LogP contribution in [0.25, 0.3) is 50.8 Å². The van der Waals surface area contributed by atoms with Gasteiger partial charge in [0.2, 0.25) is 0 Å². The van der Waals surface area contributed by atoms with Crippen LogP contribution in [-0.2, 0) is 11.8 Å². The summed E-state index contributed by atoms with van der Waals surface area (Å²) in [5, 5.41) is 4.80. The monoisotopic (exact) mass is 781 g/mol. The molecular weight excluding hydrogens is 735 g/mol. The third-order valence-corrected chi connectivity index (χ3v) is 12.8. The Hall–Kier alpha value is -7.48. The van der Waals surface area contributed by atoms with Crippen LogP contribution in [0, 0.1) is 0 Å². The number of hydrogen-bond acceptors (Lipinski definition) is 1. The average Bonchev–Trinajstić information content (AvgIpc) is 3.91. The maximum atomic E-state index is 5.71. The van der Waals surface area contributed by atoms with Crippen molar-refractivity contribution in [2.45, 2.75) is 25.7 Å². The smallest absolute Gasteiger partial charge is 0.0688 e. The van der Waals surface area contributed by atoms with E-state index in [9.17, 15) is 0 Å². The Morgan fingerprint density at radius 2 is 1.36 bits per heavy atom. The quantitative estimate of drug-likeness (QED) is 0.153. The summed E-state index contributed by atoms with van der Waals surface area (Å²) >= 11 is 0. The highest BCUT2D eigenvalue weighted by molar-refractivity contribution is 6.02. The molecule has 0 bridgehead atoms. The van der Waals surface area contributed by atoms with E-state index in [1.54, 1.807) is 6.20 Å². The van der Waals surface area contributed by atoms with Crippen molar-refractivity contribution in [3.63, 3.8) is 0 Å². The van der Waals surface area contributed by atoms with Crippen molar-refractivity contribution < 1.29 is 0 Å². The first-order chi connectivity index (χ1) is 30.1. The third kappa shape index (κ3) is 6.42. The van der Waals surface area contributed by atoms with Crippen LogP contribution in [-0.4, -0.2) is 0 Å². The SMILES string of the molecule is C/C=C\C1=C(C)c2ccccc2C12C1=C(c3ccccc3C1)c1cc(-c3ccc(=C/c4cccc5ccccc45)/c(=C\C=C\C=C/C(=C\C=C\N)c4ccccc4)c3)ccc12. The highest BCUT2D eigenvalue weighted by atomic mass is 14.6. The fourth-order valence-electron chi connectivity index (χ4n) is 10.1. The molecule has 0 heterocycles. The molecule has 0 amide bonds. The standard InChI is InChI=1S/C60H47N/c1-3-18-55-41(2)51-28-14-15-31-56(51)60(55)57-35-34-48(39-54(57)59-53-30-13-11-24-50(53)40-58(59)60)46-32-33-47(38-49-26-16-25-44-22-10-12-29-52(44)49)45(37-46)23-9-5-8-21-43(27-17-36-61)42-19-6-4-7-20-42/h3-39H,40,61H2,1-2H3/b9-5+,18-3-,21-8-,36-17+,43-27+,45-23-,47-38-. The van der Waals surface area contributed by atoms with E-state index in [1.807, 2.05) is 18.2 Å². The molecule has 3 aliphatic carbocycles. The van der Waals surface area contributed by atoms with Crippen LogP contribution in [0.15, 0.2) is 224 Å². The zero-order chi connectivity index (χ0) is 41.3. The maximum Gasteiger partial charge on any atom is 0.0688 e. The summed E-state index contributed by atoms with van der Waals surface area (Å²) in [5.41, 5.74) is 25.2. The Morgan fingerprint density at radius 3 is 2.23 bits per heavy atom. The van der Waals surface area contributed by atoms with Crippen LogP contribution in [0.4, 0.5) is 0 Å². The number of fused-ring (bicyclic) bond motifs is 9. The maximum absolute atomic E-state index is 5.71. The highest BCUT2D eigenvalue weighted by Gasteiger charge is 2.54. The molecule has 1 spiro atoms. The van der Waals surface area contributed by atoms with Gasteiger partial charge in [0.05, 0.1) is 5.41 Å². The van der Waals surface area contributed by atoms with Crippen LogP contribution >= 0.6 is 0 Å². The number of hydrogen-bond donors (Lipinski definition) is 1. The van der Waals surface area contributed by atoms with Crippen LogP contribution in [0.2, 0.25) is 0 Å². The second-order valence-electron chi connectivity index (χ2n) is 16.1. The summed E-state index contributed by atoms with van der Waals surface area (Å²) in [6.07, 6.45) is 24.0. The fraction of sp³-hybridized carbons (Fsp3) is 0.0667. The summed E-state index contributed by atoms with van der Waals surface area (Å²) in [5.74, 6) is 0. The van der Waals surface area contributed by atoms with E-state index in [4.69, 9.17) is 5.73 Å². The molecule has 0 aromatic heterocycles. The molecule has 292 valence electrons. The van der Waals surface area contributed by atoms with Crippen molar-refractivity contribution in [3.05, 3.63) is 279 Å². The van der Waals surface area contributed by atoms with Gasteiger partial charge in [-0.05, 0) is 155 Å². The minimum Gasteiger partial charge on any atom is -0.405 e. The lowest BCUT2D eigenvalue weighted by Crippen LogP contribution is -2.29. The molecule has 3 aliphatic rings. The van der Waals surface area contributed by atoms with Gasteiger partial charge in [-0.2, -0.15) is 0 Å².